The number of hydrogen-bond donors (Lipinski definition) is 0. The third-order valence-corrected chi connectivity index (χ3v) is 4.21. The van der Waals surface area contributed by atoms with Crippen LogP contribution in [0.1, 0.15) is 5.56 Å². The van der Waals surface area contributed by atoms with Crippen molar-refractivity contribution in [2.24, 2.45) is 0 Å². The summed E-state index contributed by atoms with van der Waals surface area (Å²) in [5.74, 6) is -0.242. The molecule has 0 amide bonds. The van der Waals surface area contributed by atoms with Crippen molar-refractivity contribution in [2.75, 3.05) is 0 Å². The number of rotatable bonds is 3. The lowest BCUT2D eigenvalue weighted by Crippen LogP contribution is -1.97. The van der Waals surface area contributed by atoms with Crippen molar-refractivity contribution in [1.29, 1.82) is 0 Å². The first-order valence-electron chi connectivity index (χ1n) is 6.76. The van der Waals surface area contributed by atoms with E-state index in [4.69, 9.17) is 0 Å². The largest absolute Gasteiger partial charge is 0.337 e. The van der Waals surface area contributed by atoms with Gasteiger partial charge in [0.2, 0.25) is 0 Å². The van der Waals surface area contributed by atoms with Crippen LogP contribution in [0.5, 0.6) is 0 Å². The summed E-state index contributed by atoms with van der Waals surface area (Å²) >= 11 is 3.26. The minimum absolute atomic E-state index is 0.242. The molecular formula is C18H15BrFN. The van der Waals surface area contributed by atoms with Gasteiger partial charge in [-0.25, -0.2) is 4.39 Å². The highest BCUT2D eigenvalue weighted by Gasteiger charge is 2.12. The van der Waals surface area contributed by atoms with Crippen LogP contribution < -0.4 is 0 Å². The minimum atomic E-state index is -0.242. The van der Waals surface area contributed by atoms with Gasteiger partial charge in [0.05, 0.1) is 9.99 Å². The van der Waals surface area contributed by atoms with Gasteiger partial charge in [0.15, 0.2) is 0 Å². The van der Waals surface area contributed by atoms with Crippen LogP contribution in [0.25, 0.3) is 22.2 Å². The molecule has 0 aliphatic rings. The van der Waals surface area contributed by atoms with Gasteiger partial charge in [-0.1, -0.05) is 35.9 Å². The fraction of sp³-hybridized carbons (Fsp3) is 0.111. The molecule has 0 radical (unpaired) electrons. The Morgan fingerprint density at radius 2 is 1.90 bits per heavy atom. The smallest absolute Gasteiger partial charge is 0.138 e. The third-order valence-electron chi connectivity index (χ3n) is 3.60. The first kappa shape index (κ1) is 14.1. The Hall–Kier alpha value is -1.87. The van der Waals surface area contributed by atoms with Gasteiger partial charge in [0, 0.05) is 17.6 Å². The SMILES string of the molecule is C=CCn1c(-c2ccc(C)cc2)cc2cc(F)c(Br)cc21. The van der Waals surface area contributed by atoms with Crippen LogP contribution in [0.3, 0.4) is 0 Å². The first-order chi connectivity index (χ1) is 10.1. The number of benzene rings is 2. The molecule has 1 heterocycles. The molecule has 0 N–H and O–H groups in total. The molecule has 0 spiro atoms. The Bertz CT molecular complexity index is 815. The van der Waals surface area contributed by atoms with Crippen molar-refractivity contribution in [1.82, 2.24) is 4.57 Å². The average Bonchev–Trinajstić information content (AvgIpc) is 2.79. The predicted molar refractivity (Wildman–Crippen MR) is 90.0 cm³/mol. The van der Waals surface area contributed by atoms with E-state index in [0.717, 1.165) is 22.2 Å². The summed E-state index contributed by atoms with van der Waals surface area (Å²) in [7, 11) is 0. The zero-order valence-corrected chi connectivity index (χ0v) is 13.3. The van der Waals surface area contributed by atoms with Crippen LogP contribution in [0.15, 0.2) is 59.6 Å². The molecule has 0 fully saturated rings. The van der Waals surface area contributed by atoms with Crippen molar-refractivity contribution in [2.45, 2.75) is 13.5 Å². The van der Waals surface area contributed by atoms with E-state index >= 15 is 0 Å². The highest BCUT2D eigenvalue weighted by atomic mass is 79.9. The van der Waals surface area contributed by atoms with E-state index in [1.54, 1.807) is 6.07 Å². The number of fused-ring (bicyclic) bond motifs is 1. The number of halogens is 2. The molecule has 106 valence electrons. The molecule has 1 nitrogen and oxygen atoms in total. The number of nitrogens with zero attached hydrogens (tertiary/aromatic N) is 1. The van der Waals surface area contributed by atoms with Gasteiger partial charge in [-0.2, -0.15) is 0 Å². The van der Waals surface area contributed by atoms with Gasteiger partial charge >= 0.3 is 0 Å². The van der Waals surface area contributed by atoms with Crippen LogP contribution in [0, 0.1) is 12.7 Å². The van der Waals surface area contributed by atoms with Crippen LogP contribution in [-0.4, -0.2) is 4.57 Å². The molecule has 3 rings (SSSR count). The third kappa shape index (κ3) is 2.54. The first-order valence-corrected chi connectivity index (χ1v) is 7.55. The molecule has 0 saturated heterocycles. The summed E-state index contributed by atoms with van der Waals surface area (Å²) in [5, 5.41) is 0.896. The van der Waals surface area contributed by atoms with Crippen LogP contribution in [0.4, 0.5) is 4.39 Å². The van der Waals surface area contributed by atoms with Crippen molar-refractivity contribution in [3.8, 4) is 11.3 Å². The Morgan fingerprint density at radius 1 is 1.19 bits per heavy atom. The summed E-state index contributed by atoms with van der Waals surface area (Å²) < 4.78 is 16.4. The van der Waals surface area contributed by atoms with E-state index in [9.17, 15) is 4.39 Å². The molecule has 0 unspecified atom stereocenters. The monoisotopic (exact) mass is 343 g/mol. The van der Waals surface area contributed by atoms with E-state index in [1.807, 2.05) is 18.2 Å². The molecule has 0 bridgehead atoms. The summed E-state index contributed by atoms with van der Waals surface area (Å²) in [6.07, 6.45) is 1.86. The van der Waals surface area contributed by atoms with E-state index in [1.165, 1.54) is 5.56 Å². The van der Waals surface area contributed by atoms with Gasteiger partial charge in [-0.15, -0.1) is 6.58 Å². The van der Waals surface area contributed by atoms with Gasteiger partial charge in [0.1, 0.15) is 5.82 Å². The molecule has 21 heavy (non-hydrogen) atoms. The highest BCUT2D eigenvalue weighted by molar-refractivity contribution is 9.10. The van der Waals surface area contributed by atoms with E-state index in [2.05, 4.69) is 58.3 Å². The maximum atomic E-state index is 13.8. The van der Waals surface area contributed by atoms with E-state index in [-0.39, 0.29) is 5.82 Å². The molecular weight excluding hydrogens is 329 g/mol. The molecule has 0 aliphatic heterocycles. The molecule has 3 aromatic rings. The standard InChI is InChI=1S/C18H15BrFN/c1-3-8-21-17(13-6-4-12(2)5-7-13)10-14-9-16(20)15(19)11-18(14)21/h3-7,9-11H,1,8H2,2H3. The molecule has 2 aromatic carbocycles. The summed E-state index contributed by atoms with van der Waals surface area (Å²) in [6, 6.07) is 13.8. The maximum absolute atomic E-state index is 13.8. The highest BCUT2D eigenvalue weighted by Crippen LogP contribution is 2.31. The maximum Gasteiger partial charge on any atom is 0.138 e. The fourth-order valence-electron chi connectivity index (χ4n) is 2.55. The molecule has 1 aromatic heterocycles. The van der Waals surface area contributed by atoms with Gasteiger partial charge in [-0.3, -0.25) is 0 Å². The fourth-order valence-corrected chi connectivity index (χ4v) is 2.88. The quantitative estimate of drug-likeness (QED) is 0.537. The number of aryl methyl sites for hydroxylation is 1. The lowest BCUT2D eigenvalue weighted by atomic mass is 10.1. The number of allylic oxidation sites excluding steroid dienone is 1. The Kier molecular flexibility index (Phi) is 3.68. The number of hydrogen-bond acceptors (Lipinski definition) is 0. The number of aromatic nitrogens is 1. The Labute approximate surface area is 131 Å². The van der Waals surface area contributed by atoms with Crippen LogP contribution >= 0.6 is 15.9 Å². The lowest BCUT2D eigenvalue weighted by Gasteiger charge is -2.09. The minimum Gasteiger partial charge on any atom is -0.337 e. The second-order valence-electron chi connectivity index (χ2n) is 5.12. The molecule has 0 atom stereocenters. The normalized spacial score (nSPS) is 11.0. The zero-order valence-electron chi connectivity index (χ0n) is 11.7. The molecule has 3 heteroatoms. The molecule has 0 saturated carbocycles. The Balaban J connectivity index is 2.28. The predicted octanol–water partition coefficient (Wildman–Crippen LogP) is 5.70. The van der Waals surface area contributed by atoms with Crippen molar-refractivity contribution < 1.29 is 4.39 Å². The van der Waals surface area contributed by atoms with Crippen molar-refractivity contribution in [3.63, 3.8) is 0 Å². The average molecular weight is 344 g/mol. The second-order valence-corrected chi connectivity index (χ2v) is 5.97. The van der Waals surface area contributed by atoms with Crippen LogP contribution in [-0.2, 0) is 6.54 Å². The van der Waals surface area contributed by atoms with Gasteiger partial charge < -0.3 is 4.57 Å². The van der Waals surface area contributed by atoms with Gasteiger partial charge in [0.25, 0.3) is 0 Å². The second kappa shape index (κ2) is 5.49. The summed E-state index contributed by atoms with van der Waals surface area (Å²) in [5.41, 5.74) is 4.41. The van der Waals surface area contributed by atoms with Gasteiger partial charge in [-0.05, 0) is 46.6 Å². The van der Waals surface area contributed by atoms with Crippen molar-refractivity contribution in [3.05, 3.63) is 71.0 Å². The van der Waals surface area contributed by atoms with Crippen molar-refractivity contribution >= 4 is 26.8 Å². The van der Waals surface area contributed by atoms with E-state index in [0.29, 0.717) is 11.0 Å². The van der Waals surface area contributed by atoms with Crippen LogP contribution in [0.2, 0.25) is 0 Å². The molecule has 0 aliphatic carbocycles. The summed E-state index contributed by atoms with van der Waals surface area (Å²) in [4.78, 5) is 0. The Morgan fingerprint density at radius 3 is 2.57 bits per heavy atom. The summed E-state index contributed by atoms with van der Waals surface area (Å²) in [6.45, 7) is 6.57. The lowest BCUT2D eigenvalue weighted by molar-refractivity contribution is 0.623. The van der Waals surface area contributed by atoms with E-state index < -0.39 is 0 Å². The zero-order chi connectivity index (χ0) is 15.0. The topological polar surface area (TPSA) is 4.93 Å².